The summed E-state index contributed by atoms with van der Waals surface area (Å²) in [4.78, 5) is 12.4. The number of likely N-dealkylation sites (N-methyl/N-ethyl adjacent to an activating group) is 1. The van der Waals surface area contributed by atoms with Crippen molar-refractivity contribution < 1.29 is 14.3 Å². The number of carbonyl (C=O) groups is 1. The summed E-state index contributed by atoms with van der Waals surface area (Å²) < 4.78 is 10.8. The fourth-order valence-electron chi connectivity index (χ4n) is 3.08. The average molecular weight is 334 g/mol. The maximum absolute atomic E-state index is 12.4. The molecule has 1 unspecified atom stereocenters. The van der Waals surface area contributed by atoms with Crippen molar-refractivity contribution >= 4 is 17.3 Å². The van der Waals surface area contributed by atoms with Crippen molar-refractivity contribution in [2.75, 3.05) is 56.9 Å². The summed E-state index contributed by atoms with van der Waals surface area (Å²) in [6.07, 6.45) is 0.550. The van der Waals surface area contributed by atoms with E-state index >= 15 is 0 Å². The van der Waals surface area contributed by atoms with Gasteiger partial charge in [-0.1, -0.05) is 0 Å². The summed E-state index contributed by atoms with van der Waals surface area (Å²) in [6, 6.07) is 5.92. The van der Waals surface area contributed by atoms with Crippen LogP contribution in [0.2, 0.25) is 0 Å². The number of benzene rings is 1. The van der Waals surface area contributed by atoms with E-state index in [4.69, 9.17) is 15.2 Å². The fourth-order valence-corrected chi connectivity index (χ4v) is 3.08. The number of hydrazine groups is 1. The van der Waals surface area contributed by atoms with Crippen molar-refractivity contribution in [3.63, 3.8) is 0 Å². The molecule has 2 aliphatic rings. The molecule has 1 aromatic rings. The maximum Gasteiger partial charge on any atom is 0.246 e. The largest absolute Gasteiger partial charge is 0.379 e. The molecule has 1 atom stereocenters. The zero-order chi connectivity index (χ0) is 17.2. The third kappa shape index (κ3) is 3.54. The Morgan fingerprint density at radius 3 is 2.75 bits per heavy atom. The Bertz CT molecular complexity index is 601. The van der Waals surface area contributed by atoms with E-state index in [1.807, 2.05) is 25.1 Å². The SMILES string of the molecule is Cc1cc(NC(=O)C2(N)CCOC2)ccc1N1CCOCCN1C. The number of nitrogens with one attached hydrogen (secondary N) is 1. The van der Waals surface area contributed by atoms with Crippen molar-refractivity contribution in [3.8, 4) is 0 Å². The lowest BCUT2D eigenvalue weighted by Crippen LogP contribution is -2.51. The van der Waals surface area contributed by atoms with E-state index in [1.165, 1.54) is 0 Å². The van der Waals surface area contributed by atoms with Crippen LogP contribution in [0.1, 0.15) is 12.0 Å². The Morgan fingerprint density at radius 1 is 1.25 bits per heavy atom. The third-order valence-electron chi connectivity index (χ3n) is 4.66. The molecule has 2 saturated heterocycles. The molecular formula is C17H26N4O3. The molecule has 0 radical (unpaired) electrons. The van der Waals surface area contributed by atoms with Gasteiger partial charge in [-0.2, -0.15) is 0 Å². The Morgan fingerprint density at radius 2 is 2.04 bits per heavy atom. The number of rotatable bonds is 3. The highest BCUT2D eigenvalue weighted by Crippen LogP contribution is 2.26. The van der Waals surface area contributed by atoms with Gasteiger partial charge in [0, 0.05) is 25.9 Å². The first kappa shape index (κ1) is 17.2. The number of ether oxygens (including phenoxy) is 2. The van der Waals surface area contributed by atoms with Crippen molar-refractivity contribution in [2.24, 2.45) is 5.73 Å². The first-order chi connectivity index (χ1) is 11.5. The van der Waals surface area contributed by atoms with E-state index in [9.17, 15) is 4.79 Å². The number of amides is 1. The summed E-state index contributed by atoms with van der Waals surface area (Å²) in [7, 11) is 2.06. The van der Waals surface area contributed by atoms with Crippen LogP contribution in [0.15, 0.2) is 18.2 Å². The minimum Gasteiger partial charge on any atom is -0.379 e. The second-order valence-electron chi connectivity index (χ2n) is 6.53. The minimum atomic E-state index is -0.922. The van der Waals surface area contributed by atoms with Gasteiger partial charge in [-0.25, -0.2) is 5.01 Å². The Labute approximate surface area is 142 Å². The first-order valence-corrected chi connectivity index (χ1v) is 8.35. The summed E-state index contributed by atoms with van der Waals surface area (Å²) in [5.41, 5.74) is 8.15. The van der Waals surface area contributed by atoms with Gasteiger partial charge in [0.25, 0.3) is 0 Å². The molecule has 7 heteroatoms. The molecule has 3 rings (SSSR count). The second-order valence-corrected chi connectivity index (χ2v) is 6.53. The van der Waals surface area contributed by atoms with E-state index in [2.05, 4.69) is 22.4 Å². The molecule has 0 aromatic heterocycles. The second kappa shape index (κ2) is 7.06. The highest BCUT2D eigenvalue weighted by Gasteiger charge is 2.38. The number of carbonyl (C=O) groups excluding carboxylic acids is 1. The number of hydrogen-bond acceptors (Lipinski definition) is 6. The van der Waals surface area contributed by atoms with Crippen LogP contribution in [0, 0.1) is 6.92 Å². The molecule has 0 spiro atoms. The molecule has 2 fully saturated rings. The topological polar surface area (TPSA) is 80.1 Å². The van der Waals surface area contributed by atoms with E-state index in [0.717, 1.165) is 36.6 Å². The predicted molar refractivity (Wildman–Crippen MR) is 93.0 cm³/mol. The maximum atomic E-state index is 12.4. The summed E-state index contributed by atoms with van der Waals surface area (Å²) in [5.74, 6) is -0.188. The summed E-state index contributed by atoms with van der Waals surface area (Å²) in [5, 5.41) is 7.29. The predicted octanol–water partition coefficient (Wildman–Crippen LogP) is 0.735. The summed E-state index contributed by atoms with van der Waals surface area (Å²) >= 11 is 0. The highest BCUT2D eigenvalue weighted by molar-refractivity contribution is 5.98. The zero-order valence-corrected chi connectivity index (χ0v) is 14.4. The average Bonchev–Trinajstić information content (AvgIpc) is 2.89. The Hall–Kier alpha value is -1.67. The zero-order valence-electron chi connectivity index (χ0n) is 14.4. The van der Waals surface area contributed by atoms with E-state index in [1.54, 1.807) is 0 Å². The van der Waals surface area contributed by atoms with Crippen LogP contribution in [0.4, 0.5) is 11.4 Å². The molecular weight excluding hydrogens is 308 g/mol. The van der Waals surface area contributed by atoms with Crippen molar-refractivity contribution in [1.82, 2.24) is 5.01 Å². The van der Waals surface area contributed by atoms with Gasteiger partial charge >= 0.3 is 0 Å². The Balaban J connectivity index is 1.73. The molecule has 24 heavy (non-hydrogen) atoms. The van der Waals surface area contributed by atoms with Crippen LogP contribution >= 0.6 is 0 Å². The lowest BCUT2D eigenvalue weighted by Gasteiger charge is -2.32. The molecule has 7 nitrogen and oxygen atoms in total. The third-order valence-corrected chi connectivity index (χ3v) is 4.66. The van der Waals surface area contributed by atoms with Crippen LogP contribution in [-0.4, -0.2) is 63.0 Å². The number of nitrogens with zero attached hydrogens (tertiary/aromatic N) is 2. The van der Waals surface area contributed by atoms with Crippen LogP contribution < -0.4 is 16.1 Å². The number of hydrogen-bond donors (Lipinski definition) is 2. The number of anilines is 2. The van der Waals surface area contributed by atoms with E-state index < -0.39 is 5.54 Å². The van der Waals surface area contributed by atoms with Gasteiger partial charge in [0.2, 0.25) is 5.91 Å². The lowest BCUT2D eigenvalue weighted by atomic mass is 9.99. The molecule has 1 aromatic carbocycles. The van der Waals surface area contributed by atoms with Gasteiger partial charge in [0.1, 0.15) is 5.54 Å². The summed E-state index contributed by atoms with van der Waals surface area (Å²) in [6.45, 7) is 5.96. The monoisotopic (exact) mass is 334 g/mol. The van der Waals surface area contributed by atoms with Crippen molar-refractivity contribution in [3.05, 3.63) is 23.8 Å². The van der Waals surface area contributed by atoms with Crippen LogP contribution in [0.25, 0.3) is 0 Å². The van der Waals surface area contributed by atoms with Gasteiger partial charge in [-0.15, -0.1) is 0 Å². The molecule has 1 amide bonds. The smallest absolute Gasteiger partial charge is 0.246 e. The minimum absolute atomic E-state index is 0.188. The van der Waals surface area contributed by atoms with Gasteiger partial charge in [-0.05, 0) is 37.1 Å². The molecule has 0 aliphatic carbocycles. The standard InChI is InChI=1S/C17H26N4O3/c1-13-11-14(19-16(22)17(18)5-8-24-12-17)3-4-15(13)21-7-10-23-9-6-20(21)2/h3-4,11H,5-10,12,18H2,1-2H3,(H,19,22). The lowest BCUT2D eigenvalue weighted by molar-refractivity contribution is -0.121. The van der Waals surface area contributed by atoms with E-state index in [0.29, 0.717) is 19.6 Å². The first-order valence-electron chi connectivity index (χ1n) is 8.35. The van der Waals surface area contributed by atoms with Gasteiger partial charge < -0.3 is 25.5 Å². The number of nitrogens with two attached hydrogens (primary N) is 1. The van der Waals surface area contributed by atoms with Gasteiger partial charge in [-0.3, -0.25) is 4.79 Å². The molecule has 3 N–H and O–H groups in total. The van der Waals surface area contributed by atoms with Crippen LogP contribution in [-0.2, 0) is 14.3 Å². The Kier molecular flexibility index (Phi) is 5.05. The van der Waals surface area contributed by atoms with Crippen molar-refractivity contribution in [2.45, 2.75) is 18.9 Å². The quantitative estimate of drug-likeness (QED) is 0.848. The number of aryl methyl sites for hydroxylation is 1. The molecule has 132 valence electrons. The molecule has 2 aliphatic heterocycles. The fraction of sp³-hybridized carbons (Fsp3) is 0.588. The van der Waals surface area contributed by atoms with Gasteiger partial charge in [0.15, 0.2) is 0 Å². The van der Waals surface area contributed by atoms with Gasteiger partial charge in [0.05, 0.1) is 32.1 Å². The molecule has 2 heterocycles. The van der Waals surface area contributed by atoms with Crippen LogP contribution in [0.3, 0.4) is 0 Å². The van der Waals surface area contributed by atoms with E-state index in [-0.39, 0.29) is 12.5 Å². The molecule has 0 saturated carbocycles. The van der Waals surface area contributed by atoms with Crippen molar-refractivity contribution in [1.29, 1.82) is 0 Å². The highest BCUT2D eigenvalue weighted by atomic mass is 16.5. The normalized spacial score (nSPS) is 25.5. The molecule has 0 bridgehead atoms. The van der Waals surface area contributed by atoms with Crippen LogP contribution in [0.5, 0.6) is 0 Å².